The first-order chi connectivity index (χ1) is 6.38. The summed E-state index contributed by atoms with van der Waals surface area (Å²) in [7, 11) is 1.59. The number of hydrogen-bond donors (Lipinski definition) is 1. The summed E-state index contributed by atoms with van der Waals surface area (Å²) >= 11 is 0. The molecule has 0 unspecified atom stereocenters. The summed E-state index contributed by atoms with van der Waals surface area (Å²) in [6.45, 7) is 1.01. The van der Waals surface area contributed by atoms with Crippen molar-refractivity contribution >= 4 is 0 Å². The van der Waals surface area contributed by atoms with Crippen LogP contribution >= 0.6 is 0 Å². The molecule has 76 valence electrons. The van der Waals surface area contributed by atoms with E-state index in [-0.39, 0.29) is 18.8 Å². The lowest BCUT2D eigenvalue weighted by molar-refractivity contribution is -0.0187. The van der Waals surface area contributed by atoms with E-state index in [4.69, 9.17) is 19.3 Å². The largest absolute Gasteiger partial charge is 0.394 e. The number of ether oxygens (including phenoxy) is 3. The van der Waals surface area contributed by atoms with Crippen molar-refractivity contribution in [2.45, 2.75) is 18.6 Å². The van der Waals surface area contributed by atoms with Crippen molar-refractivity contribution < 1.29 is 19.3 Å². The fourth-order valence-corrected chi connectivity index (χ4v) is 1.04. The number of methoxy groups -OCH3 is 1. The molecule has 0 aromatic carbocycles. The van der Waals surface area contributed by atoms with Crippen LogP contribution in [0.1, 0.15) is 6.42 Å². The number of aliphatic hydroxyl groups is 1. The SMILES string of the molecule is COCOC/C=C\C[C@@H]1O[C@H]1CO. The summed E-state index contributed by atoms with van der Waals surface area (Å²) in [5.74, 6) is 0. The molecule has 1 saturated heterocycles. The van der Waals surface area contributed by atoms with E-state index in [0.717, 1.165) is 6.42 Å². The normalized spacial score (nSPS) is 26.9. The van der Waals surface area contributed by atoms with E-state index >= 15 is 0 Å². The monoisotopic (exact) mass is 188 g/mol. The van der Waals surface area contributed by atoms with Gasteiger partial charge < -0.3 is 19.3 Å². The van der Waals surface area contributed by atoms with Crippen LogP contribution in [-0.2, 0) is 14.2 Å². The van der Waals surface area contributed by atoms with E-state index in [1.807, 2.05) is 12.2 Å². The maximum atomic E-state index is 8.66. The molecule has 13 heavy (non-hydrogen) atoms. The van der Waals surface area contributed by atoms with Crippen molar-refractivity contribution in [1.82, 2.24) is 0 Å². The minimum Gasteiger partial charge on any atom is -0.394 e. The van der Waals surface area contributed by atoms with Crippen LogP contribution in [0.5, 0.6) is 0 Å². The Bertz CT molecular complexity index is 158. The van der Waals surface area contributed by atoms with Gasteiger partial charge in [0.25, 0.3) is 0 Å². The van der Waals surface area contributed by atoms with Gasteiger partial charge in [-0.3, -0.25) is 0 Å². The predicted octanol–water partition coefficient (Wildman–Crippen LogP) is 0.313. The maximum Gasteiger partial charge on any atom is 0.146 e. The van der Waals surface area contributed by atoms with Gasteiger partial charge in [0.2, 0.25) is 0 Å². The van der Waals surface area contributed by atoms with Crippen LogP contribution in [-0.4, -0.2) is 44.4 Å². The summed E-state index contributed by atoms with van der Waals surface area (Å²) in [5.41, 5.74) is 0. The van der Waals surface area contributed by atoms with Crippen LogP contribution in [0.25, 0.3) is 0 Å². The molecule has 4 heteroatoms. The average molecular weight is 188 g/mol. The van der Waals surface area contributed by atoms with Crippen LogP contribution in [0.2, 0.25) is 0 Å². The van der Waals surface area contributed by atoms with Gasteiger partial charge in [0.05, 0.1) is 19.3 Å². The second-order valence-electron chi connectivity index (χ2n) is 2.88. The van der Waals surface area contributed by atoms with E-state index in [0.29, 0.717) is 13.4 Å². The van der Waals surface area contributed by atoms with E-state index in [1.54, 1.807) is 7.11 Å². The molecule has 1 aliphatic heterocycles. The Labute approximate surface area is 78.1 Å². The molecule has 1 fully saturated rings. The van der Waals surface area contributed by atoms with Crippen LogP contribution in [0, 0.1) is 0 Å². The Hall–Kier alpha value is -0.420. The van der Waals surface area contributed by atoms with Gasteiger partial charge in [-0.25, -0.2) is 0 Å². The van der Waals surface area contributed by atoms with Gasteiger partial charge in [-0.1, -0.05) is 12.2 Å². The summed E-state index contributed by atoms with van der Waals surface area (Å²) < 4.78 is 14.9. The Balaban J connectivity index is 1.88. The molecule has 4 nitrogen and oxygen atoms in total. The van der Waals surface area contributed by atoms with Crippen molar-refractivity contribution in [3.63, 3.8) is 0 Å². The van der Waals surface area contributed by atoms with E-state index in [1.165, 1.54) is 0 Å². The quantitative estimate of drug-likeness (QED) is 0.270. The van der Waals surface area contributed by atoms with Gasteiger partial charge in [-0.05, 0) is 6.42 Å². The summed E-state index contributed by atoms with van der Waals surface area (Å²) in [4.78, 5) is 0. The fourth-order valence-electron chi connectivity index (χ4n) is 1.04. The zero-order valence-corrected chi connectivity index (χ0v) is 7.81. The Kier molecular flexibility index (Phi) is 5.00. The Morgan fingerprint density at radius 1 is 1.38 bits per heavy atom. The smallest absolute Gasteiger partial charge is 0.146 e. The summed E-state index contributed by atoms with van der Waals surface area (Å²) in [6.07, 6.45) is 5.04. The number of epoxide rings is 1. The molecule has 1 aliphatic rings. The standard InChI is InChI=1S/C9H16O4/c1-11-7-12-5-3-2-4-8-9(6-10)13-8/h2-3,8-10H,4-7H2,1H3/b3-2-/t8-,9-/m0/s1. The number of rotatable bonds is 7. The molecule has 1 heterocycles. The summed E-state index contributed by atoms with van der Waals surface area (Å²) in [5, 5.41) is 8.66. The second-order valence-corrected chi connectivity index (χ2v) is 2.88. The highest BCUT2D eigenvalue weighted by Crippen LogP contribution is 2.24. The van der Waals surface area contributed by atoms with E-state index in [9.17, 15) is 0 Å². The Morgan fingerprint density at radius 2 is 2.23 bits per heavy atom. The molecular weight excluding hydrogens is 172 g/mol. The lowest BCUT2D eigenvalue weighted by Gasteiger charge is -1.96. The second kappa shape index (κ2) is 6.10. The lowest BCUT2D eigenvalue weighted by atomic mass is 10.2. The topological polar surface area (TPSA) is 51.2 Å². The molecule has 2 atom stereocenters. The van der Waals surface area contributed by atoms with Gasteiger partial charge in [0.1, 0.15) is 12.9 Å². The van der Waals surface area contributed by atoms with E-state index in [2.05, 4.69) is 0 Å². The van der Waals surface area contributed by atoms with Crippen LogP contribution in [0.3, 0.4) is 0 Å². The van der Waals surface area contributed by atoms with Crippen molar-refractivity contribution in [2.24, 2.45) is 0 Å². The number of hydrogen-bond acceptors (Lipinski definition) is 4. The molecule has 0 saturated carbocycles. The van der Waals surface area contributed by atoms with E-state index < -0.39 is 0 Å². The Morgan fingerprint density at radius 3 is 2.85 bits per heavy atom. The third-order valence-electron chi connectivity index (χ3n) is 1.82. The van der Waals surface area contributed by atoms with Crippen molar-refractivity contribution in [1.29, 1.82) is 0 Å². The van der Waals surface area contributed by atoms with Gasteiger partial charge in [-0.2, -0.15) is 0 Å². The van der Waals surface area contributed by atoms with Gasteiger partial charge in [-0.15, -0.1) is 0 Å². The minimum absolute atomic E-state index is 0.0598. The maximum absolute atomic E-state index is 8.66. The zero-order chi connectivity index (χ0) is 9.52. The molecule has 0 aliphatic carbocycles. The minimum atomic E-state index is 0.0598. The summed E-state index contributed by atoms with van der Waals surface area (Å²) in [6, 6.07) is 0. The molecule has 1 N–H and O–H groups in total. The first-order valence-electron chi connectivity index (χ1n) is 4.36. The zero-order valence-electron chi connectivity index (χ0n) is 7.81. The molecule has 0 aromatic heterocycles. The molecular formula is C9H16O4. The van der Waals surface area contributed by atoms with Gasteiger partial charge >= 0.3 is 0 Å². The first-order valence-corrected chi connectivity index (χ1v) is 4.36. The predicted molar refractivity (Wildman–Crippen MR) is 47.3 cm³/mol. The highest BCUT2D eigenvalue weighted by atomic mass is 16.7. The lowest BCUT2D eigenvalue weighted by Crippen LogP contribution is -1.98. The molecule has 0 amide bonds. The third-order valence-corrected chi connectivity index (χ3v) is 1.82. The van der Waals surface area contributed by atoms with Crippen LogP contribution in [0.15, 0.2) is 12.2 Å². The van der Waals surface area contributed by atoms with Crippen molar-refractivity contribution in [2.75, 3.05) is 27.1 Å². The molecule has 0 radical (unpaired) electrons. The number of aliphatic hydroxyl groups excluding tert-OH is 1. The fraction of sp³-hybridized carbons (Fsp3) is 0.778. The van der Waals surface area contributed by atoms with Gasteiger partial charge in [0, 0.05) is 7.11 Å². The van der Waals surface area contributed by atoms with Crippen LogP contribution in [0.4, 0.5) is 0 Å². The highest BCUT2D eigenvalue weighted by Gasteiger charge is 2.36. The molecule has 0 bridgehead atoms. The molecule has 0 spiro atoms. The van der Waals surface area contributed by atoms with Gasteiger partial charge in [0.15, 0.2) is 0 Å². The molecule has 0 aromatic rings. The average Bonchev–Trinajstić information content (AvgIpc) is 2.90. The van der Waals surface area contributed by atoms with Crippen molar-refractivity contribution in [3.05, 3.63) is 12.2 Å². The third kappa shape index (κ3) is 4.38. The molecule has 1 rings (SSSR count). The highest BCUT2D eigenvalue weighted by molar-refractivity contribution is 4.93. The van der Waals surface area contributed by atoms with Crippen LogP contribution < -0.4 is 0 Å². The van der Waals surface area contributed by atoms with Crippen molar-refractivity contribution in [3.8, 4) is 0 Å². The first kappa shape index (κ1) is 10.7.